The number of aromatic nitrogens is 2. The normalized spacial score (nSPS) is 14.1. The van der Waals surface area contributed by atoms with Gasteiger partial charge in [-0.2, -0.15) is 5.10 Å². The van der Waals surface area contributed by atoms with E-state index in [9.17, 15) is 9.59 Å². The fourth-order valence-corrected chi connectivity index (χ4v) is 4.34. The van der Waals surface area contributed by atoms with Crippen LogP contribution in [0.15, 0.2) is 60.9 Å². The van der Waals surface area contributed by atoms with Crippen LogP contribution < -0.4 is 9.64 Å². The van der Waals surface area contributed by atoms with Crippen molar-refractivity contribution in [2.75, 3.05) is 45.9 Å². The molecular weight excluding hydrogens is 444 g/mol. The second-order valence-electron chi connectivity index (χ2n) is 8.73. The predicted octanol–water partition coefficient (Wildman–Crippen LogP) is 4.36. The predicted molar refractivity (Wildman–Crippen MR) is 135 cm³/mol. The molecule has 0 unspecified atom stereocenters. The van der Waals surface area contributed by atoms with Gasteiger partial charge in [-0.05, 0) is 42.7 Å². The van der Waals surface area contributed by atoms with Crippen molar-refractivity contribution in [1.82, 2.24) is 14.7 Å². The van der Waals surface area contributed by atoms with E-state index in [-0.39, 0.29) is 17.7 Å². The zero-order valence-electron chi connectivity index (χ0n) is 20.5. The number of nitrogens with zero attached hydrogens (tertiary/aromatic N) is 4. The number of benzene rings is 2. The molecule has 8 heteroatoms. The van der Waals surface area contributed by atoms with Crippen LogP contribution in [0.2, 0.25) is 0 Å². The Hall–Kier alpha value is -3.65. The molecule has 1 aliphatic heterocycles. The highest BCUT2D eigenvalue weighted by atomic mass is 16.5. The lowest BCUT2D eigenvalue weighted by molar-refractivity contribution is 0.0857. The molecule has 2 amide bonds. The zero-order chi connectivity index (χ0) is 24.8. The van der Waals surface area contributed by atoms with E-state index in [0.29, 0.717) is 44.6 Å². The van der Waals surface area contributed by atoms with Crippen molar-refractivity contribution < 1.29 is 19.1 Å². The van der Waals surface area contributed by atoms with Crippen molar-refractivity contribution in [2.24, 2.45) is 5.92 Å². The van der Waals surface area contributed by atoms with Gasteiger partial charge in [0.2, 0.25) is 0 Å². The van der Waals surface area contributed by atoms with Gasteiger partial charge < -0.3 is 14.4 Å². The van der Waals surface area contributed by atoms with Crippen molar-refractivity contribution >= 4 is 17.5 Å². The Bertz CT molecular complexity index is 1130. The molecule has 0 saturated carbocycles. The first-order valence-electron chi connectivity index (χ1n) is 11.8. The van der Waals surface area contributed by atoms with Crippen LogP contribution in [-0.2, 0) is 11.3 Å². The number of hydrogen-bond acceptors (Lipinski definition) is 5. The summed E-state index contributed by atoms with van der Waals surface area (Å²) >= 11 is 0. The summed E-state index contributed by atoms with van der Waals surface area (Å²) in [4.78, 5) is 29.5. The topological polar surface area (TPSA) is 76.9 Å². The van der Waals surface area contributed by atoms with Crippen LogP contribution in [0.4, 0.5) is 10.5 Å². The molecule has 1 saturated heterocycles. The summed E-state index contributed by atoms with van der Waals surface area (Å²) in [5.74, 6) is 0.815. The average Bonchev–Trinajstić information content (AvgIpc) is 3.40. The summed E-state index contributed by atoms with van der Waals surface area (Å²) < 4.78 is 12.1. The van der Waals surface area contributed by atoms with Gasteiger partial charge >= 0.3 is 6.03 Å². The molecule has 1 aromatic heterocycles. The number of ether oxygens (including phenoxy) is 2. The average molecular weight is 477 g/mol. The third kappa shape index (κ3) is 5.71. The first-order valence-corrected chi connectivity index (χ1v) is 11.8. The highest BCUT2D eigenvalue weighted by molar-refractivity contribution is 5.98. The number of urea groups is 1. The van der Waals surface area contributed by atoms with Gasteiger partial charge in [0.15, 0.2) is 5.78 Å². The maximum absolute atomic E-state index is 13.1. The monoisotopic (exact) mass is 476 g/mol. The van der Waals surface area contributed by atoms with Gasteiger partial charge in [-0.25, -0.2) is 4.79 Å². The van der Waals surface area contributed by atoms with Gasteiger partial charge in [0.1, 0.15) is 5.75 Å². The molecule has 1 aliphatic rings. The number of ketones is 1. The number of carbonyl (C=O) groups excluding carboxylic acids is 2. The van der Waals surface area contributed by atoms with E-state index in [4.69, 9.17) is 9.47 Å². The Morgan fingerprint density at radius 2 is 1.69 bits per heavy atom. The van der Waals surface area contributed by atoms with E-state index in [1.165, 1.54) is 0 Å². The number of carbonyl (C=O) groups is 2. The molecule has 0 aliphatic carbocycles. The number of hydrogen-bond donors (Lipinski definition) is 0. The van der Waals surface area contributed by atoms with E-state index < -0.39 is 0 Å². The lowest BCUT2D eigenvalue weighted by atomic mass is 9.88. The molecule has 2 aromatic carbocycles. The van der Waals surface area contributed by atoms with Crippen LogP contribution in [0.3, 0.4) is 0 Å². The first kappa shape index (κ1) is 24.5. The Kier molecular flexibility index (Phi) is 7.82. The van der Waals surface area contributed by atoms with Crippen molar-refractivity contribution in [2.45, 2.75) is 19.4 Å². The maximum atomic E-state index is 13.1. The van der Waals surface area contributed by atoms with E-state index in [1.807, 2.05) is 70.5 Å². The molecule has 2 heterocycles. The summed E-state index contributed by atoms with van der Waals surface area (Å²) in [5, 5.41) is 4.35. The molecule has 1 fully saturated rings. The first-order chi connectivity index (χ1) is 17.0. The minimum absolute atomic E-state index is 0.0588. The molecule has 0 spiro atoms. The molecule has 0 radical (unpaired) electrons. The number of methoxy groups -OCH3 is 2. The zero-order valence-corrected chi connectivity index (χ0v) is 20.5. The van der Waals surface area contributed by atoms with E-state index in [2.05, 4.69) is 5.10 Å². The molecule has 0 bridgehead atoms. The smallest absolute Gasteiger partial charge is 0.324 e. The molecule has 0 atom stereocenters. The lowest BCUT2D eigenvalue weighted by Gasteiger charge is -2.34. The Labute approximate surface area is 206 Å². The second-order valence-corrected chi connectivity index (χ2v) is 8.73. The number of Topliss-reactive ketones (excluding diaryl/α,β-unsaturated/α-hetero) is 1. The second kappa shape index (κ2) is 11.2. The number of piperidine rings is 1. The van der Waals surface area contributed by atoms with Crippen LogP contribution in [0.1, 0.15) is 23.2 Å². The summed E-state index contributed by atoms with van der Waals surface area (Å²) in [7, 11) is 5.05. The van der Waals surface area contributed by atoms with Crippen LogP contribution in [-0.4, -0.2) is 67.5 Å². The van der Waals surface area contributed by atoms with Gasteiger partial charge in [-0.3, -0.25) is 14.4 Å². The van der Waals surface area contributed by atoms with Gasteiger partial charge in [-0.1, -0.05) is 24.3 Å². The molecule has 3 aromatic rings. The molecule has 4 rings (SSSR count). The maximum Gasteiger partial charge on any atom is 0.324 e. The van der Waals surface area contributed by atoms with Gasteiger partial charge in [0.25, 0.3) is 0 Å². The molecule has 0 N–H and O–H groups in total. The summed E-state index contributed by atoms with van der Waals surface area (Å²) in [5.41, 5.74) is 3.54. The number of amides is 2. The molecule has 8 nitrogen and oxygen atoms in total. The number of rotatable bonds is 8. The fraction of sp³-hybridized carbons (Fsp3) is 0.370. The van der Waals surface area contributed by atoms with Crippen molar-refractivity contribution in [1.29, 1.82) is 0 Å². The number of likely N-dealkylation sites (tertiary alicyclic amines) is 1. The Balaban J connectivity index is 1.32. The van der Waals surface area contributed by atoms with Crippen LogP contribution >= 0.6 is 0 Å². The number of anilines is 1. The fourth-order valence-electron chi connectivity index (χ4n) is 4.34. The highest BCUT2D eigenvalue weighted by Gasteiger charge is 2.29. The van der Waals surface area contributed by atoms with E-state index >= 15 is 0 Å². The highest BCUT2D eigenvalue weighted by Crippen LogP contribution is 2.26. The summed E-state index contributed by atoms with van der Waals surface area (Å²) in [6, 6.07) is 15.0. The third-order valence-corrected chi connectivity index (χ3v) is 6.54. The quantitative estimate of drug-likeness (QED) is 0.452. The SMILES string of the molecule is COCCn1cc(-c2ccc(C(=O)C3CCN(C(=O)N(C)c4ccc(OC)cc4)CC3)cc2)cn1. The van der Waals surface area contributed by atoms with Crippen LogP contribution in [0.5, 0.6) is 5.75 Å². The van der Waals surface area contributed by atoms with E-state index in [1.54, 1.807) is 26.2 Å². The van der Waals surface area contributed by atoms with Gasteiger partial charge in [-0.15, -0.1) is 0 Å². The third-order valence-electron chi connectivity index (χ3n) is 6.54. The Morgan fingerprint density at radius 3 is 2.31 bits per heavy atom. The van der Waals surface area contributed by atoms with Gasteiger partial charge in [0.05, 0.1) is 26.5 Å². The lowest BCUT2D eigenvalue weighted by Crippen LogP contribution is -2.46. The van der Waals surface area contributed by atoms with Crippen molar-refractivity contribution in [3.8, 4) is 16.9 Å². The molecular formula is C27H32N4O4. The minimum Gasteiger partial charge on any atom is -0.497 e. The van der Waals surface area contributed by atoms with Crippen molar-refractivity contribution in [3.05, 3.63) is 66.5 Å². The van der Waals surface area contributed by atoms with Crippen LogP contribution in [0.25, 0.3) is 11.1 Å². The largest absolute Gasteiger partial charge is 0.497 e. The standard InChI is InChI=1S/C27H32N4O4/c1-29(24-8-10-25(35-3)11-9-24)27(33)30-14-12-22(13-15-30)26(32)21-6-4-20(5-7-21)23-18-28-31(19-23)16-17-34-2/h4-11,18-19,22H,12-17H2,1-3H3. The molecule has 35 heavy (non-hydrogen) atoms. The van der Waals surface area contributed by atoms with Gasteiger partial charge in [0, 0.05) is 56.2 Å². The van der Waals surface area contributed by atoms with Crippen LogP contribution in [0, 0.1) is 5.92 Å². The summed E-state index contributed by atoms with van der Waals surface area (Å²) in [6.07, 6.45) is 5.12. The van der Waals surface area contributed by atoms with E-state index in [0.717, 1.165) is 22.6 Å². The Morgan fingerprint density at radius 1 is 1.00 bits per heavy atom. The molecule has 184 valence electrons. The summed E-state index contributed by atoms with van der Waals surface area (Å²) in [6.45, 7) is 2.43. The van der Waals surface area contributed by atoms with Crippen molar-refractivity contribution in [3.63, 3.8) is 0 Å². The minimum atomic E-state index is -0.0759.